The average Bonchev–Trinajstić information content (AvgIpc) is 2.14. The van der Waals surface area contributed by atoms with Gasteiger partial charge < -0.3 is 5.11 Å². The van der Waals surface area contributed by atoms with Crippen LogP contribution in [-0.4, -0.2) is 17.4 Å². The zero-order valence-corrected chi connectivity index (χ0v) is 7.41. The second-order valence-corrected chi connectivity index (χ2v) is 2.70. The zero-order chi connectivity index (χ0) is 11.5. The minimum atomic E-state index is -4.76. The van der Waals surface area contributed by atoms with E-state index in [4.69, 9.17) is 5.11 Å². The molecule has 1 rings (SSSR count). The van der Waals surface area contributed by atoms with Gasteiger partial charge in [-0.3, -0.25) is 4.74 Å². The Morgan fingerprint density at radius 1 is 1.33 bits per heavy atom. The molecule has 0 spiro atoms. The summed E-state index contributed by atoms with van der Waals surface area (Å²) in [4.78, 5) is 10.6. The fourth-order valence-electron chi connectivity index (χ4n) is 1.01. The largest absolute Gasteiger partial charge is 0.522 e. The Hall–Kier alpha value is -1.56. The van der Waals surface area contributed by atoms with Gasteiger partial charge in [-0.05, 0) is 11.6 Å². The summed E-state index contributed by atoms with van der Waals surface area (Å²) >= 11 is 0. The van der Waals surface area contributed by atoms with E-state index in [1.54, 1.807) is 0 Å². The van der Waals surface area contributed by atoms with E-state index in [1.807, 2.05) is 0 Å². The lowest BCUT2D eigenvalue weighted by Crippen LogP contribution is -2.14. The summed E-state index contributed by atoms with van der Waals surface area (Å²) in [5.41, 5.74) is -0.205. The molecule has 82 valence electrons. The maximum absolute atomic E-state index is 11.7. The van der Waals surface area contributed by atoms with E-state index in [2.05, 4.69) is 4.74 Å². The molecule has 15 heavy (non-hydrogen) atoms. The van der Waals surface area contributed by atoms with Crippen LogP contribution in [0.15, 0.2) is 24.3 Å². The molecule has 0 unspecified atom stereocenters. The van der Waals surface area contributed by atoms with Crippen LogP contribution in [0.5, 0.6) is 0 Å². The van der Waals surface area contributed by atoms with Crippen LogP contribution in [0.1, 0.15) is 15.9 Å². The third kappa shape index (κ3) is 3.59. The summed E-state index contributed by atoms with van der Waals surface area (Å²) in [5, 5.41) is 8.66. The number of hydrogen-bond acceptors (Lipinski definition) is 2. The number of carboxylic acids is 1. The molecular formula is C9H7F3O3. The molecule has 6 heteroatoms. The molecule has 1 aromatic rings. The van der Waals surface area contributed by atoms with Crippen molar-refractivity contribution in [2.75, 3.05) is 0 Å². The molecule has 0 aromatic heterocycles. The summed E-state index contributed by atoms with van der Waals surface area (Å²) in [6.07, 6.45) is -4.76. The van der Waals surface area contributed by atoms with Crippen LogP contribution in [0.3, 0.4) is 0 Å². The summed E-state index contributed by atoms with van der Waals surface area (Å²) < 4.78 is 38.7. The van der Waals surface area contributed by atoms with Crippen molar-refractivity contribution in [1.82, 2.24) is 0 Å². The quantitative estimate of drug-likeness (QED) is 0.850. The van der Waals surface area contributed by atoms with Gasteiger partial charge in [-0.2, -0.15) is 0 Å². The van der Waals surface area contributed by atoms with E-state index >= 15 is 0 Å². The van der Waals surface area contributed by atoms with E-state index in [-0.39, 0.29) is 11.1 Å². The monoisotopic (exact) mass is 220 g/mol. The molecule has 0 amide bonds. The molecule has 3 nitrogen and oxygen atoms in total. The predicted molar refractivity (Wildman–Crippen MR) is 44.2 cm³/mol. The second kappa shape index (κ2) is 4.31. The van der Waals surface area contributed by atoms with Crippen molar-refractivity contribution in [2.45, 2.75) is 13.0 Å². The van der Waals surface area contributed by atoms with Crippen molar-refractivity contribution in [2.24, 2.45) is 0 Å². The number of halogens is 3. The molecule has 1 N–H and O–H groups in total. The van der Waals surface area contributed by atoms with Crippen molar-refractivity contribution < 1.29 is 27.8 Å². The summed E-state index contributed by atoms with van der Waals surface area (Å²) in [6.45, 7) is -0.800. The normalized spacial score (nSPS) is 11.4. The van der Waals surface area contributed by atoms with Gasteiger partial charge in [0.1, 0.15) is 0 Å². The number of benzene rings is 1. The van der Waals surface area contributed by atoms with Gasteiger partial charge in [0.15, 0.2) is 0 Å². The topological polar surface area (TPSA) is 46.5 Å². The van der Waals surface area contributed by atoms with Crippen molar-refractivity contribution >= 4 is 5.97 Å². The molecule has 0 saturated carbocycles. The first-order chi connectivity index (χ1) is 6.90. The van der Waals surface area contributed by atoms with E-state index in [0.29, 0.717) is 0 Å². The Balaban J connectivity index is 2.81. The van der Waals surface area contributed by atoms with Gasteiger partial charge in [0, 0.05) is 0 Å². The minimum absolute atomic E-state index is 0.0117. The van der Waals surface area contributed by atoms with Crippen molar-refractivity contribution in [3.63, 3.8) is 0 Å². The highest BCUT2D eigenvalue weighted by molar-refractivity contribution is 5.89. The molecule has 0 saturated heterocycles. The molecule has 0 fully saturated rings. The molecule has 0 aliphatic heterocycles. The zero-order valence-electron chi connectivity index (χ0n) is 7.41. The number of hydrogen-bond donors (Lipinski definition) is 1. The summed E-state index contributed by atoms with van der Waals surface area (Å²) in [5.74, 6) is -1.28. The Bertz CT molecular complexity index is 360. The Labute approximate surface area is 83.1 Å². The SMILES string of the molecule is O=C(O)c1ccccc1COC(F)(F)F. The van der Waals surface area contributed by atoms with Crippen molar-refractivity contribution in [1.29, 1.82) is 0 Å². The number of carbonyl (C=O) groups is 1. The first-order valence-corrected chi connectivity index (χ1v) is 3.92. The number of rotatable bonds is 3. The van der Waals surface area contributed by atoms with E-state index in [1.165, 1.54) is 24.3 Å². The van der Waals surface area contributed by atoms with E-state index in [9.17, 15) is 18.0 Å². The maximum Gasteiger partial charge on any atom is 0.522 e. The standard InChI is InChI=1S/C9H7F3O3/c10-9(11,12)15-5-6-3-1-2-4-7(6)8(13)14/h1-4H,5H2,(H,13,14). The Kier molecular flexibility index (Phi) is 3.31. The van der Waals surface area contributed by atoms with Gasteiger partial charge in [0.25, 0.3) is 0 Å². The van der Waals surface area contributed by atoms with Crippen LogP contribution in [0.2, 0.25) is 0 Å². The number of aromatic carboxylic acids is 1. The summed E-state index contributed by atoms with van der Waals surface area (Å²) in [7, 11) is 0. The average molecular weight is 220 g/mol. The van der Waals surface area contributed by atoms with Crippen LogP contribution in [0.4, 0.5) is 13.2 Å². The molecule has 0 aliphatic carbocycles. The molecular weight excluding hydrogens is 213 g/mol. The van der Waals surface area contributed by atoms with Crippen LogP contribution >= 0.6 is 0 Å². The second-order valence-electron chi connectivity index (χ2n) is 2.70. The first-order valence-electron chi connectivity index (χ1n) is 3.92. The Morgan fingerprint density at radius 2 is 1.93 bits per heavy atom. The lowest BCUT2D eigenvalue weighted by Gasteiger charge is -2.09. The number of alkyl halides is 3. The molecule has 0 radical (unpaired) electrons. The highest BCUT2D eigenvalue weighted by Gasteiger charge is 2.29. The Morgan fingerprint density at radius 3 is 2.47 bits per heavy atom. The third-order valence-electron chi connectivity index (χ3n) is 1.64. The maximum atomic E-state index is 11.7. The van der Waals surface area contributed by atoms with Crippen molar-refractivity contribution in [3.05, 3.63) is 35.4 Å². The van der Waals surface area contributed by atoms with E-state index in [0.717, 1.165) is 0 Å². The smallest absolute Gasteiger partial charge is 0.478 e. The third-order valence-corrected chi connectivity index (χ3v) is 1.64. The fourth-order valence-corrected chi connectivity index (χ4v) is 1.01. The molecule has 0 heterocycles. The lowest BCUT2D eigenvalue weighted by molar-refractivity contribution is -0.330. The highest BCUT2D eigenvalue weighted by atomic mass is 19.4. The van der Waals surface area contributed by atoms with Crippen LogP contribution in [0, 0.1) is 0 Å². The molecule has 1 aromatic carbocycles. The first kappa shape index (κ1) is 11.5. The number of carboxylic acid groups (broad SMARTS) is 1. The summed E-state index contributed by atoms with van der Waals surface area (Å²) in [6, 6.07) is 5.37. The van der Waals surface area contributed by atoms with Crippen LogP contribution in [0.25, 0.3) is 0 Å². The van der Waals surface area contributed by atoms with Gasteiger partial charge in [-0.1, -0.05) is 18.2 Å². The van der Waals surface area contributed by atoms with Crippen molar-refractivity contribution in [3.8, 4) is 0 Å². The molecule has 0 aliphatic rings. The van der Waals surface area contributed by atoms with Gasteiger partial charge in [-0.25, -0.2) is 4.79 Å². The molecule has 0 atom stereocenters. The minimum Gasteiger partial charge on any atom is -0.478 e. The van der Waals surface area contributed by atoms with Crippen LogP contribution in [-0.2, 0) is 11.3 Å². The van der Waals surface area contributed by atoms with E-state index < -0.39 is 18.9 Å². The van der Waals surface area contributed by atoms with Gasteiger partial charge >= 0.3 is 12.3 Å². The highest BCUT2D eigenvalue weighted by Crippen LogP contribution is 2.20. The van der Waals surface area contributed by atoms with Gasteiger partial charge in [0.2, 0.25) is 0 Å². The van der Waals surface area contributed by atoms with Gasteiger partial charge in [-0.15, -0.1) is 13.2 Å². The lowest BCUT2D eigenvalue weighted by atomic mass is 10.1. The van der Waals surface area contributed by atoms with Gasteiger partial charge in [0.05, 0.1) is 12.2 Å². The predicted octanol–water partition coefficient (Wildman–Crippen LogP) is 2.42. The number of ether oxygens (including phenoxy) is 1. The van der Waals surface area contributed by atoms with Crippen LogP contribution < -0.4 is 0 Å². The fraction of sp³-hybridized carbons (Fsp3) is 0.222. The molecule has 0 bridgehead atoms.